The smallest absolute Gasteiger partial charge is 0.241 e. The van der Waals surface area contributed by atoms with Crippen molar-refractivity contribution in [1.82, 2.24) is 10.2 Å². The second-order valence-electron chi connectivity index (χ2n) is 4.77. The molecule has 0 saturated carbocycles. The van der Waals surface area contributed by atoms with Crippen molar-refractivity contribution in [2.75, 3.05) is 18.6 Å². The molecule has 0 bridgehead atoms. The van der Waals surface area contributed by atoms with Crippen LogP contribution in [0.15, 0.2) is 0 Å². The number of hydrogen-bond acceptors (Lipinski definition) is 3. The van der Waals surface area contributed by atoms with Crippen molar-refractivity contribution in [1.29, 1.82) is 0 Å². The summed E-state index contributed by atoms with van der Waals surface area (Å²) in [4.78, 5) is 14.1. The van der Waals surface area contributed by atoms with Gasteiger partial charge in [-0.3, -0.25) is 10.1 Å². The Balaban J connectivity index is 2.25. The molecule has 0 aromatic rings. The lowest BCUT2D eigenvalue weighted by molar-refractivity contribution is -0.130. The summed E-state index contributed by atoms with van der Waals surface area (Å²) >= 11 is 1.90. The molecule has 1 amide bonds. The fourth-order valence-electron chi connectivity index (χ4n) is 2.35. The molecule has 1 rings (SSSR count). The van der Waals surface area contributed by atoms with E-state index < -0.39 is 0 Å². The molecular formula is C13H26N2OS. The Bertz CT molecular complexity index is 235. The van der Waals surface area contributed by atoms with Crippen LogP contribution in [0.4, 0.5) is 0 Å². The van der Waals surface area contributed by atoms with Crippen molar-refractivity contribution in [3.63, 3.8) is 0 Å². The zero-order chi connectivity index (χ0) is 12.7. The molecule has 4 heteroatoms. The molecule has 2 atom stereocenters. The molecule has 100 valence electrons. The Morgan fingerprint density at radius 1 is 1.35 bits per heavy atom. The number of thioether (sulfide) groups is 1. The molecule has 1 saturated heterocycles. The molecule has 3 nitrogen and oxygen atoms in total. The van der Waals surface area contributed by atoms with Gasteiger partial charge in [0.15, 0.2) is 0 Å². The summed E-state index contributed by atoms with van der Waals surface area (Å²) in [5, 5.41) is 3.38. The number of hydrogen-bond donors (Lipinski definition) is 1. The fourth-order valence-corrected chi connectivity index (χ4v) is 2.84. The molecule has 0 aliphatic carbocycles. The van der Waals surface area contributed by atoms with E-state index in [-0.39, 0.29) is 12.2 Å². The first-order chi connectivity index (χ1) is 8.20. The predicted molar refractivity (Wildman–Crippen MR) is 75.2 cm³/mol. The summed E-state index contributed by atoms with van der Waals surface area (Å²) in [5.41, 5.74) is 0. The van der Waals surface area contributed by atoms with Gasteiger partial charge in [0.25, 0.3) is 0 Å². The third-order valence-corrected chi connectivity index (χ3v) is 4.01. The maximum atomic E-state index is 12.1. The molecule has 0 aromatic heterocycles. The van der Waals surface area contributed by atoms with Crippen LogP contribution in [0, 0.1) is 0 Å². The average molecular weight is 258 g/mol. The van der Waals surface area contributed by atoms with E-state index in [2.05, 4.69) is 25.4 Å². The van der Waals surface area contributed by atoms with E-state index in [9.17, 15) is 4.79 Å². The Morgan fingerprint density at radius 2 is 2.12 bits per heavy atom. The van der Waals surface area contributed by atoms with Gasteiger partial charge >= 0.3 is 0 Å². The highest BCUT2D eigenvalue weighted by molar-refractivity contribution is 7.98. The van der Waals surface area contributed by atoms with Crippen molar-refractivity contribution in [2.45, 2.75) is 58.2 Å². The van der Waals surface area contributed by atoms with Gasteiger partial charge in [0, 0.05) is 6.54 Å². The van der Waals surface area contributed by atoms with Crippen LogP contribution in [0.1, 0.15) is 46.0 Å². The molecule has 1 aliphatic rings. The molecule has 1 heterocycles. The van der Waals surface area contributed by atoms with Gasteiger partial charge in [0.2, 0.25) is 5.91 Å². The van der Waals surface area contributed by atoms with Gasteiger partial charge in [-0.1, -0.05) is 19.8 Å². The van der Waals surface area contributed by atoms with Crippen molar-refractivity contribution >= 4 is 17.7 Å². The van der Waals surface area contributed by atoms with Gasteiger partial charge in [-0.15, -0.1) is 0 Å². The lowest BCUT2D eigenvalue weighted by atomic mass is 10.1. The number of carbonyl (C=O) groups is 1. The first-order valence-electron chi connectivity index (χ1n) is 6.76. The van der Waals surface area contributed by atoms with Crippen molar-refractivity contribution in [2.24, 2.45) is 0 Å². The molecule has 2 unspecified atom stereocenters. The Kier molecular flexibility index (Phi) is 6.97. The quantitative estimate of drug-likeness (QED) is 0.679. The zero-order valence-corrected chi connectivity index (χ0v) is 12.2. The third-order valence-electron chi connectivity index (χ3n) is 3.32. The van der Waals surface area contributed by atoms with Crippen LogP contribution in [-0.2, 0) is 4.79 Å². The topological polar surface area (TPSA) is 32.3 Å². The van der Waals surface area contributed by atoms with Gasteiger partial charge in [0.1, 0.15) is 0 Å². The van der Waals surface area contributed by atoms with E-state index in [1.807, 2.05) is 16.7 Å². The summed E-state index contributed by atoms with van der Waals surface area (Å²) in [6.07, 6.45) is 8.03. The van der Waals surface area contributed by atoms with Crippen LogP contribution in [-0.4, -0.2) is 41.6 Å². The largest absolute Gasteiger partial charge is 0.326 e. The van der Waals surface area contributed by atoms with Crippen molar-refractivity contribution in [3.05, 3.63) is 0 Å². The highest BCUT2D eigenvalue weighted by Crippen LogP contribution is 2.15. The highest BCUT2D eigenvalue weighted by Gasteiger charge is 2.34. The minimum atomic E-state index is 0.0706. The van der Waals surface area contributed by atoms with Crippen LogP contribution >= 0.6 is 11.8 Å². The SMILES string of the molecule is CCCC1NC(C)N(CCCCCSC)C1=O. The minimum Gasteiger partial charge on any atom is -0.326 e. The highest BCUT2D eigenvalue weighted by atomic mass is 32.2. The van der Waals surface area contributed by atoms with Crippen LogP contribution < -0.4 is 5.32 Å². The standard InChI is InChI=1S/C13H26N2OS/c1-4-8-12-13(16)15(11(2)14-12)9-6-5-7-10-17-3/h11-12,14H,4-10H2,1-3H3. The summed E-state index contributed by atoms with van der Waals surface area (Å²) in [7, 11) is 0. The molecule has 0 radical (unpaired) electrons. The monoisotopic (exact) mass is 258 g/mol. The summed E-state index contributed by atoms with van der Waals surface area (Å²) in [5.74, 6) is 1.55. The van der Waals surface area contributed by atoms with E-state index in [1.165, 1.54) is 18.6 Å². The number of nitrogens with one attached hydrogen (secondary N) is 1. The van der Waals surface area contributed by atoms with Crippen LogP contribution in [0.5, 0.6) is 0 Å². The molecule has 1 aliphatic heterocycles. The van der Waals surface area contributed by atoms with E-state index in [4.69, 9.17) is 0 Å². The predicted octanol–water partition coefficient (Wildman–Crippen LogP) is 2.47. The summed E-state index contributed by atoms with van der Waals surface area (Å²) in [6.45, 7) is 5.14. The number of unbranched alkanes of at least 4 members (excludes halogenated alkanes) is 2. The fraction of sp³-hybridized carbons (Fsp3) is 0.923. The molecule has 1 N–H and O–H groups in total. The average Bonchev–Trinajstić information content (AvgIpc) is 2.56. The van der Waals surface area contributed by atoms with Crippen LogP contribution in [0.25, 0.3) is 0 Å². The molecule has 1 fully saturated rings. The number of nitrogens with zero attached hydrogens (tertiary/aromatic N) is 1. The van der Waals surface area contributed by atoms with Crippen LogP contribution in [0.2, 0.25) is 0 Å². The Labute approximate surface area is 110 Å². The van der Waals surface area contributed by atoms with E-state index in [0.717, 1.165) is 25.8 Å². The minimum absolute atomic E-state index is 0.0706. The van der Waals surface area contributed by atoms with E-state index in [1.54, 1.807) is 0 Å². The van der Waals surface area contributed by atoms with Gasteiger partial charge in [-0.2, -0.15) is 11.8 Å². The second kappa shape index (κ2) is 7.98. The van der Waals surface area contributed by atoms with Gasteiger partial charge < -0.3 is 4.90 Å². The first-order valence-corrected chi connectivity index (χ1v) is 8.15. The van der Waals surface area contributed by atoms with Gasteiger partial charge in [-0.25, -0.2) is 0 Å². The Hall–Kier alpha value is -0.220. The van der Waals surface area contributed by atoms with Gasteiger partial charge in [-0.05, 0) is 38.2 Å². The third kappa shape index (κ3) is 4.51. The van der Waals surface area contributed by atoms with Gasteiger partial charge in [0.05, 0.1) is 12.2 Å². The molecular weight excluding hydrogens is 232 g/mol. The van der Waals surface area contributed by atoms with E-state index in [0.29, 0.717) is 5.91 Å². The zero-order valence-electron chi connectivity index (χ0n) is 11.4. The molecule has 17 heavy (non-hydrogen) atoms. The maximum absolute atomic E-state index is 12.1. The lowest BCUT2D eigenvalue weighted by Gasteiger charge is -2.20. The van der Waals surface area contributed by atoms with Crippen molar-refractivity contribution in [3.8, 4) is 0 Å². The normalized spacial score (nSPS) is 24.6. The van der Waals surface area contributed by atoms with E-state index >= 15 is 0 Å². The Morgan fingerprint density at radius 3 is 2.76 bits per heavy atom. The first kappa shape index (κ1) is 14.8. The second-order valence-corrected chi connectivity index (χ2v) is 5.75. The van der Waals surface area contributed by atoms with Crippen LogP contribution in [0.3, 0.4) is 0 Å². The summed E-state index contributed by atoms with van der Waals surface area (Å²) in [6, 6.07) is 0.0706. The lowest BCUT2D eigenvalue weighted by Crippen LogP contribution is -2.35. The summed E-state index contributed by atoms with van der Waals surface area (Å²) < 4.78 is 0. The van der Waals surface area contributed by atoms with Crippen molar-refractivity contribution < 1.29 is 4.79 Å². The molecule has 0 spiro atoms. The number of amides is 1. The molecule has 0 aromatic carbocycles. The number of rotatable bonds is 8. The number of carbonyl (C=O) groups excluding carboxylic acids is 1. The maximum Gasteiger partial charge on any atom is 0.241 e.